The number of nitrogens with zero attached hydrogens (tertiary/aromatic N) is 2. The van der Waals surface area contributed by atoms with Gasteiger partial charge in [-0.05, 0) is 31.4 Å². The number of amides is 2. The summed E-state index contributed by atoms with van der Waals surface area (Å²) in [5.41, 5.74) is 1.39. The van der Waals surface area contributed by atoms with Crippen LogP contribution in [0.1, 0.15) is 48.7 Å². The highest BCUT2D eigenvalue weighted by molar-refractivity contribution is 5.94. The molecule has 7 heteroatoms. The van der Waals surface area contributed by atoms with Crippen LogP contribution in [0.2, 0.25) is 0 Å². The van der Waals surface area contributed by atoms with Crippen molar-refractivity contribution in [3.8, 4) is 0 Å². The minimum absolute atomic E-state index is 0.211. The lowest BCUT2D eigenvalue weighted by Crippen LogP contribution is -2.43. The average Bonchev–Trinajstić information content (AvgIpc) is 3.01. The summed E-state index contributed by atoms with van der Waals surface area (Å²) in [5.74, 6) is -0.779. The molecular weight excluding hydrogens is 316 g/mol. The number of hydrogen-bond acceptors (Lipinski definition) is 3. The van der Waals surface area contributed by atoms with Crippen molar-refractivity contribution in [2.24, 2.45) is 0 Å². The molecule has 1 aliphatic heterocycles. The summed E-state index contributed by atoms with van der Waals surface area (Å²) < 4.78 is 24.8. The topological polar surface area (TPSA) is 62.3 Å². The summed E-state index contributed by atoms with van der Waals surface area (Å²) >= 11 is 0. The van der Waals surface area contributed by atoms with Crippen molar-refractivity contribution < 1.29 is 18.4 Å². The lowest BCUT2D eigenvalue weighted by molar-refractivity contribution is -0.134. The molecule has 5 nitrogen and oxygen atoms in total. The van der Waals surface area contributed by atoms with Gasteiger partial charge in [0.15, 0.2) is 0 Å². The van der Waals surface area contributed by atoms with E-state index in [9.17, 15) is 18.4 Å². The van der Waals surface area contributed by atoms with Crippen LogP contribution in [-0.2, 0) is 11.2 Å². The summed E-state index contributed by atoms with van der Waals surface area (Å²) in [6.07, 6.45) is 1.45. The molecule has 0 aliphatic carbocycles. The number of rotatable bonds is 7. The van der Waals surface area contributed by atoms with Crippen molar-refractivity contribution in [2.45, 2.75) is 51.5 Å². The monoisotopic (exact) mass is 339 g/mol. The first-order valence-corrected chi connectivity index (χ1v) is 8.32. The van der Waals surface area contributed by atoms with Gasteiger partial charge in [0.05, 0.1) is 6.42 Å². The van der Waals surface area contributed by atoms with Crippen LogP contribution in [0.4, 0.5) is 8.78 Å². The molecule has 1 aromatic heterocycles. The van der Waals surface area contributed by atoms with Crippen LogP contribution in [0.5, 0.6) is 0 Å². The van der Waals surface area contributed by atoms with Gasteiger partial charge in [0.1, 0.15) is 0 Å². The number of likely N-dealkylation sites (tertiary alicyclic amines) is 1. The number of pyridine rings is 1. The van der Waals surface area contributed by atoms with E-state index >= 15 is 0 Å². The minimum Gasteiger partial charge on any atom is -0.350 e. The molecule has 0 bridgehead atoms. The number of aryl methyl sites for hydroxylation is 1. The summed E-state index contributed by atoms with van der Waals surface area (Å²) in [5, 5.41) is 2.80. The van der Waals surface area contributed by atoms with E-state index in [-0.39, 0.29) is 18.5 Å². The van der Waals surface area contributed by atoms with Crippen molar-refractivity contribution in [3.05, 3.63) is 29.6 Å². The molecule has 1 N–H and O–H groups in total. The SMILES string of the molecule is CCCc1cc(C(=O)NC[C@H]2CCCN2C(=O)CC(F)F)ccn1. The number of carbonyl (C=O) groups excluding carboxylic acids is 2. The largest absolute Gasteiger partial charge is 0.350 e. The fourth-order valence-corrected chi connectivity index (χ4v) is 2.95. The van der Waals surface area contributed by atoms with Gasteiger partial charge in [0, 0.05) is 36.6 Å². The van der Waals surface area contributed by atoms with E-state index in [1.165, 1.54) is 4.90 Å². The summed E-state index contributed by atoms with van der Waals surface area (Å²) in [6, 6.07) is 3.19. The zero-order valence-corrected chi connectivity index (χ0v) is 13.8. The maximum absolute atomic E-state index is 12.4. The molecule has 24 heavy (non-hydrogen) atoms. The number of carbonyl (C=O) groups is 2. The highest BCUT2D eigenvalue weighted by Crippen LogP contribution is 2.19. The van der Waals surface area contributed by atoms with Gasteiger partial charge in [-0.15, -0.1) is 0 Å². The number of nitrogens with one attached hydrogen (secondary N) is 1. The molecule has 0 saturated carbocycles. The molecule has 2 amide bonds. The highest BCUT2D eigenvalue weighted by atomic mass is 19.3. The third-order valence-corrected chi connectivity index (χ3v) is 4.11. The third kappa shape index (κ3) is 4.97. The average molecular weight is 339 g/mol. The van der Waals surface area contributed by atoms with E-state index in [1.54, 1.807) is 18.3 Å². The zero-order valence-electron chi connectivity index (χ0n) is 13.8. The number of alkyl halides is 2. The van der Waals surface area contributed by atoms with Gasteiger partial charge in [-0.1, -0.05) is 13.3 Å². The Kier molecular flexibility index (Phi) is 6.63. The quantitative estimate of drug-likeness (QED) is 0.830. The maximum Gasteiger partial charge on any atom is 0.251 e. The van der Waals surface area contributed by atoms with Crippen LogP contribution in [-0.4, -0.2) is 47.3 Å². The Morgan fingerprint density at radius 3 is 2.96 bits per heavy atom. The first kappa shape index (κ1) is 18.3. The van der Waals surface area contributed by atoms with E-state index in [0.29, 0.717) is 18.5 Å². The normalized spacial score (nSPS) is 17.3. The Morgan fingerprint density at radius 1 is 1.46 bits per heavy atom. The fraction of sp³-hybridized carbons (Fsp3) is 0.588. The molecule has 2 heterocycles. The molecule has 0 radical (unpaired) electrons. The Hall–Kier alpha value is -2.05. The Labute approximate surface area is 140 Å². The molecule has 0 unspecified atom stereocenters. The van der Waals surface area contributed by atoms with Crippen LogP contribution >= 0.6 is 0 Å². The van der Waals surface area contributed by atoms with Crippen LogP contribution in [0.15, 0.2) is 18.3 Å². The van der Waals surface area contributed by atoms with Crippen molar-refractivity contribution in [1.29, 1.82) is 0 Å². The fourth-order valence-electron chi connectivity index (χ4n) is 2.95. The molecule has 1 saturated heterocycles. The summed E-state index contributed by atoms with van der Waals surface area (Å²) in [4.78, 5) is 29.7. The second-order valence-corrected chi connectivity index (χ2v) is 5.97. The lowest BCUT2D eigenvalue weighted by Gasteiger charge is -2.25. The maximum atomic E-state index is 12.4. The first-order valence-electron chi connectivity index (χ1n) is 8.32. The van der Waals surface area contributed by atoms with E-state index < -0.39 is 18.8 Å². The van der Waals surface area contributed by atoms with Gasteiger partial charge >= 0.3 is 0 Å². The van der Waals surface area contributed by atoms with Crippen molar-refractivity contribution in [2.75, 3.05) is 13.1 Å². The van der Waals surface area contributed by atoms with Gasteiger partial charge < -0.3 is 10.2 Å². The lowest BCUT2D eigenvalue weighted by atomic mass is 10.1. The second kappa shape index (κ2) is 8.70. The molecule has 1 aliphatic rings. The predicted molar refractivity (Wildman–Crippen MR) is 85.9 cm³/mol. The first-order chi connectivity index (χ1) is 11.5. The van der Waals surface area contributed by atoms with Gasteiger partial charge in [-0.2, -0.15) is 0 Å². The third-order valence-electron chi connectivity index (χ3n) is 4.11. The molecular formula is C17H23F2N3O2. The number of hydrogen-bond donors (Lipinski definition) is 1. The number of aromatic nitrogens is 1. The zero-order chi connectivity index (χ0) is 17.5. The molecule has 1 fully saturated rings. The van der Waals surface area contributed by atoms with Gasteiger partial charge in [0.25, 0.3) is 5.91 Å². The number of halogens is 2. The van der Waals surface area contributed by atoms with E-state index in [4.69, 9.17) is 0 Å². The van der Waals surface area contributed by atoms with Gasteiger partial charge in [0.2, 0.25) is 12.3 Å². The molecule has 1 aromatic rings. The molecule has 0 spiro atoms. The van der Waals surface area contributed by atoms with E-state index in [1.807, 2.05) is 6.92 Å². The van der Waals surface area contributed by atoms with Crippen LogP contribution in [0.3, 0.4) is 0 Å². The van der Waals surface area contributed by atoms with Gasteiger partial charge in [-0.3, -0.25) is 14.6 Å². The summed E-state index contributed by atoms with van der Waals surface area (Å²) in [6.45, 7) is 2.79. The van der Waals surface area contributed by atoms with Crippen molar-refractivity contribution in [1.82, 2.24) is 15.2 Å². The van der Waals surface area contributed by atoms with E-state index in [2.05, 4.69) is 10.3 Å². The van der Waals surface area contributed by atoms with E-state index in [0.717, 1.165) is 25.0 Å². The Morgan fingerprint density at radius 2 is 2.25 bits per heavy atom. The van der Waals surface area contributed by atoms with Gasteiger partial charge in [-0.25, -0.2) is 8.78 Å². The minimum atomic E-state index is -2.64. The van der Waals surface area contributed by atoms with Crippen LogP contribution < -0.4 is 5.32 Å². The second-order valence-electron chi connectivity index (χ2n) is 5.97. The summed E-state index contributed by atoms with van der Waals surface area (Å²) in [7, 11) is 0. The molecule has 0 aromatic carbocycles. The van der Waals surface area contributed by atoms with Crippen molar-refractivity contribution >= 4 is 11.8 Å². The molecule has 132 valence electrons. The Balaban J connectivity index is 1.90. The molecule has 1 atom stereocenters. The van der Waals surface area contributed by atoms with Crippen molar-refractivity contribution in [3.63, 3.8) is 0 Å². The smallest absolute Gasteiger partial charge is 0.251 e. The standard InChI is InChI=1S/C17H23F2N3O2/c1-2-4-13-9-12(6-7-20-13)17(24)21-11-14-5-3-8-22(14)16(23)10-15(18)19/h6-7,9,14-15H,2-5,8,10-11H2,1H3,(H,21,24)/t14-/m1/s1. The Bertz CT molecular complexity index is 581. The van der Waals surface area contributed by atoms with Crippen LogP contribution in [0.25, 0.3) is 0 Å². The molecule has 2 rings (SSSR count). The highest BCUT2D eigenvalue weighted by Gasteiger charge is 2.30. The predicted octanol–water partition coefficient (Wildman–Crippen LogP) is 2.41. The van der Waals surface area contributed by atoms with Crippen LogP contribution in [0, 0.1) is 0 Å².